The van der Waals surface area contributed by atoms with E-state index in [2.05, 4.69) is 15.6 Å². The summed E-state index contributed by atoms with van der Waals surface area (Å²) in [5.74, 6) is 0.0742. The molecule has 0 atom stereocenters. The molecule has 0 aliphatic rings. The van der Waals surface area contributed by atoms with Crippen LogP contribution >= 0.6 is 0 Å². The first-order chi connectivity index (χ1) is 15.5. The lowest BCUT2D eigenvalue weighted by molar-refractivity contribution is 0.102. The number of amides is 1. The van der Waals surface area contributed by atoms with Crippen LogP contribution in [0.1, 0.15) is 16.1 Å². The average Bonchev–Trinajstić information content (AvgIpc) is 3.29. The molecule has 4 rings (SSSR count). The van der Waals surface area contributed by atoms with E-state index in [0.717, 1.165) is 22.4 Å². The lowest BCUT2D eigenvalue weighted by Gasteiger charge is -2.10. The monoisotopic (exact) mass is 431 g/mol. The van der Waals surface area contributed by atoms with E-state index >= 15 is 0 Å². The number of hydrogen-bond acceptors (Lipinski definition) is 5. The predicted molar refractivity (Wildman–Crippen MR) is 121 cm³/mol. The minimum Gasteiger partial charge on any atom is -0.496 e. The maximum Gasteiger partial charge on any atom is 0.277 e. The first kappa shape index (κ1) is 21.0. The normalized spacial score (nSPS) is 10.7. The molecule has 1 aromatic heterocycles. The van der Waals surface area contributed by atoms with Gasteiger partial charge in [-0.25, -0.2) is 4.39 Å². The molecule has 0 unspecified atom stereocenters. The highest BCUT2D eigenvalue weighted by Gasteiger charge is 2.14. The van der Waals surface area contributed by atoms with Crippen molar-refractivity contribution in [2.75, 3.05) is 18.2 Å². The Bertz CT molecular complexity index is 1240. The Morgan fingerprint density at radius 2 is 1.84 bits per heavy atom. The minimum atomic E-state index is -0.420. The van der Waals surface area contributed by atoms with Gasteiger partial charge < -0.3 is 15.8 Å². The molecule has 4 aromatic rings. The third kappa shape index (κ3) is 4.75. The first-order valence-corrected chi connectivity index (χ1v) is 10.0. The van der Waals surface area contributed by atoms with Crippen LogP contribution in [-0.4, -0.2) is 28.0 Å². The van der Waals surface area contributed by atoms with Crippen molar-refractivity contribution in [2.45, 2.75) is 13.0 Å². The molecule has 3 N–H and O–H groups in total. The SMILES string of the molecule is COc1ccccc1CCn1cc(C(=O)Nc2cc(-c3ccc(F)cc3)ccc2N)nn1. The number of halogens is 1. The van der Waals surface area contributed by atoms with E-state index in [0.29, 0.717) is 24.3 Å². The number of rotatable bonds is 7. The summed E-state index contributed by atoms with van der Waals surface area (Å²) < 4.78 is 20.2. The highest BCUT2D eigenvalue weighted by molar-refractivity contribution is 6.04. The molecule has 0 saturated carbocycles. The summed E-state index contributed by atoms with van der Waals surface area (Å²) in [7, 11) is 1.63. The molecular weight excluding hydrogens is 409 g/mol. The van der Waals surface area contributed by atoms with Gasteiger partial charge in [0.05, 0.1) is 24.7 Å². The zero-order valence-corrected chi connectivity index (χ0v) is 17.5. The van der Waals surface area contributed by atoms with Crippen molar-refractivity contribution in [3.63, 3.8) is 0 Å². The van der Waals surface area contributed by atoms with E-state index in [9.17, 15) is 9.18 Å². The molecule has 0 spiro atoms. The summed E-state index contributed by atoms with van der Waals surface area (Å²) in [6.45, 7) is 0.544. The summed E-state index contributed by atoms with van der Waals surface area (Å²) in [5.41, 5.74) is 9.72. The summed E-state index contributed by atoms with van der Waals surface area (Å²) in [6, 6.07) is 19.1. The zero-order chi connectivity index (χ0) is 22.5. The quantitative estimate of drug-likeness (QED) is 0.428. The van der Waals surface area contributed by atoms with Gasteiger partial charge in [-0.3, -0.25) is 9.48 Å². The van der Waals surface area contributed by atoms with E-state index in [1.807, 2.05) is 30.3 Å². The van der Waals surface area contributed by atoms with Crippen molar-refractivity contribution in [3.8, 4) is 16.9 Å². The molecule has 162 valence electrons. The van der Waals surface area contributed by atoms with Gasteiger partial charge in [0.25, 0.3) is 5.91 Å². The molecule has 0 aliphatic heterocycles. The Hall–Kier alpha value is -4.20. The Balaban J connectivity index is 1.45. The molecule has 0 aliphatic carbocycles. The summed E-state index contributed by atoms with van der Waals surface area (Å²) in [5, 5.41) is 10.8. The van der Waals surface area contributed by atoms with Crippen LogP contribution < -0.4 is 15.8 Å². The van der Waals surface area contributed by atoms with E-state index in [4.69, 9.17) is 10.5 Å². The molecule has 1 heterocycles. The standard InChI is InChI=1S/C24H22FN5O2/c1-32-23-5-3-2-4-17(23)12-13-30-15-22(28-29-30)24(31)27-21-14-18(8-11-20(21)26)16-6-9-19(25)10-7-16/h2-11,14-15H,12-13,26H2,1H3,(H,27,31). The third-order valence-corrected chi connectivity index (χ3v) is 5.05. The number of hydrogen-bond donors (Lipinski definition) is 2. The lowest BCUT2D eigenvalue weighted by atomic mass is 10.0. The van der Waals surface area contributed by atoms with Crippen LogP contribution in [0.4, 0.5) is 15.8 Å². The second kappa shape index (κ2) is 9.30. The number of nitrogens with two attached hydrogens (primary N) is 1. The number of nitrogens with zero attached hydrogens (tertiary/aromatic N) is 3. The van der Waals surface area contributed by atoms with E-state index in [1.165, 1.54) is 12.1 Å². The van der Waals surface area contributed by atoms with Crippen molar-refractivity contribution in [2.24, 2.45) is 0 Å². The number of ether oxygens (including phenoxy) is 1. The number of nitrogens with one attached hydrogen (secondary N) is 1. The van der Waals surface area contributed by atoms with Gasteiger partial charge in [-0.2, -0.15) is 0 Å². The van der Waals surface area contributed by atoms with Gasteiger partial charge in [0.1, 0.15) is 11.6 Å². The summed E-state index contributed by atoms with van der Waals surface area (Å²) in [6.07, 6.45) is 2.27. The summed E-state index contributed by atoms with van der Waals surface area (Å²) >= 11 is 0. The number of anilines is 2. The van der Waals surface area contributed by atoms with Crippen molar-refractivity contribution in [3.05, 3.63) is 90.0 Å². The predicted octanol–water partition coefficient (Wildman–Crippen LogP) is 4.17. The molecular formula is C24H22FN5O2. The van der Waals surface area contributed by atoms with Crippen LogP contribution in [0.2, 0.25) is 0 Å². The van der Waals surface area contributed by atoms with Gasteiger partial charge in [0.15, 0.2) is 5.69 Å². The van der Waals surface area contributed by atoms with E-state index in [-0.39, 0.29) is 11.5 Å². The second-order valence-electron chi connectivity index (χ2n) is 7.19. The number of aryl methyl sites for hydroxylation is 2. The fraction of sp³-hybridized carbons (Fsp3) is 0.125. The van der Waals surface area contributed by atoms with Crippen LogP contribution in [0.25, 0.3) is 11.1 Å². The Kier molecular flexibility index (Phi) is 6.12. The number of carbonyl (C=O) groups is 1. The van der Waals surface area contributed by atoms with Gasteiger partial charge in [-0.05, 0) is 53.4 Å². The van der Waals surface area contributed by atoms with E-state index in [1.54, 1.807) is 42.3 Å². The molecule has 7 nitrogen and oxygen atoms in total. The molecule has 0 saturated heterocycles. The molecule has 1 amide bonds. The maximum absolute atomic E-state index is 13.2. The van der Waals surface area contributed by atoms with Gasteiger partial charge >= 0.3 is 0 Å². The Morgan fingerprint density at radius 1 is 1.09 bits per heavy atom. The number of methoxy groups -OCH3 is 1. The molecule has 32 heavy (non-hydrogen) atoms. The number of carbonyl (C=O) groups excluding carboxylic acids is 1. The largest absolute Gasteiger partial charge is 0.496 e. The Morgan fingerprint density at radius 3 is 2.62 bits per heavy atom. The molecule has 0 bridgehead atoms. The van der Waals surface area contributed by atoms with Gasteiger partial charge in [0.2, 0.25) is 0 Å². The smallest absolute Gasteiger partial charge is 0.277 e. The topological polar surface area (TPSA) is 95.1 Å². The molecule has 0 fully saturated rings. The van der Waals surface area contributed by atoms with Crippen molar-refractivity contribution < 1.29 is 13.9 Å². The van der Waals surface area contributed by atoms with Gasteiger partial charge in [-0.1, -0.05) is 41.6 Å². The van der Waals surface area contributed by atoms with Crippen LogP contribution in [0, 0.1) is 5.82 Å². The molecule has 3 aromatic carbocycles. The molecule has 0 radical (unpaired) electrons. The van der Waals surface area contributed by atoms with Crippen molar-refractivity contribution >= 4 is 17.3 Å². The third-order valence-electron chi connectivity index (χ3n) is 5.05. The van der Waals surface area contributed by atoms with Crippen molar-refractivity contribution in [1.82, 2.24) is 15.0 Å². The maximum atomic E-state index is 13.2. The van der Waals surface area contributed by atoms with Crippen LogP contribution in [0.15, 0.2) is 72.9 Å². The number of nitrogen functional groups attached to an aromatic ring is 1. The second-order valence-corrected chi connectivity index (χ2v) is 7.19. The number of aromatic nitrogens is 3. The fourth-order valence-corrected chi connectivity index (χ4v) is 3.33. The van der Waals surface area contributed by atoms with Gasteiger partial charge in [0, 0.05) is 6.54 Å². The van der Waals surface area contributed by atoms with Crippen LogP contribution in [-0.2, 0) is 13.0 Å². The number of benzene rings is 3. The summed E-state index contributed by atoms with van der Waals surface area (Å²) in [4.78, 5) is 12.7. The number of para-hydroxylation sites is 1. The minimum absolute atomic E-state index is 0.177. The molecule has 8 heteroatoms. The van der Waals surface area contributed by atoms with Gasteiger partial charge in [-0.15, -0.1) is 5.10 Å². The lowest BCUT2D eigenvalue weighted by Crippen LogP contribution is -2.14. The van der Waals surface area contributed by atoms with E-state index < -0.39 is 5.91 Å². The van der Waals surface area contributed by atoms with Crippen LogP contribution in [0.3, 0.4) is 0 Å². The fourth-order valence-electron chi connectivity index (χ4n) is 3.33. The highest BCUT2D eigenvalue weighted by atomic mass is 19.1. The highest BCUT2D eigenvalue weighted by Crippen LogP contribution is 2.28. The van der Waals surface area contributed by atoms with Crippen molar-refractivity contribution in [1.29, 1.82) is 0 Å². The average molecular weight is 431 g/mol. The van der Waals surface area contributed by atoms with Crippen LogP contribution in [0.5, 0.6) is 5.75 Å². The zero-order valence-electron chi connectivity index (χ0n) is 17.5. The Labute approximate surface area is 184 Å². The first-order valence-electron chi connectivity index (χ1n) is 10.0.